The molecule has 0 amide bonds. The van der Waals surface area contributed by atoms with Crippen molar-refractivity contribution in [1.82, 2.24) is 0 Å². The smallest absolute Gasteiger partial charge is 0.303 e. The SMILES string of the molecule is CCCCC/C=C\C/C=C\CCCCCCCC(=O)O.CCCCCCCCCCCCCCCCCC(=O)O.CCCCCCCCCCCCCCCCCC(=O)O. The predicted molar refractivity (Wildman–Crippen MR) is 261 cm³/mol. The highest BCUT2D eigenvalue weighted by Gasteiger charge is 1.99. The van der Waals surface area contributed by atoms with Gasteiger partial charge in [-0.1, -0.05) is 257 Å². The lowest BCUT2D eigenvalue weighted by atomic mass is 10.0. The minimum Gasteiger partial charge on any atom is -0.481 e. The van der Waals surface area contributed by atoms with E-state index in [1.165, 1.54) is 212 Å². The lowest BCUT2D eigenvalue weighted by Crippen LogP contribution is -1.93. The molecule has 0 aliphatic heterocycles. The van der Waals surface area contributed by atoms with Gasteiger partial charge in [0, 0.05) is 19.3 Å². The molecule has 0 bridgehead atoms. The van der Waals surface area contributed by atoms with E-state index < -0.39 is 17.9 Å². The van der Waals surface area contributed by atoms with Crippen molar-refractivity contribution in [3.63, 3.8) is 0 Å². The van der Waals surface area contributed by atoms with Crippen LogP contribution in [0.25, 0.3) is 0 Å². The summed E-state index contributed by atoms with van der Waals surface area (Å²) in [5.74, 6) is -1.98. The molecule has 0 aliphatic carbocycles. The monoisotopic (exact) mass is 849 g/mol. The Morgan fingerprint density at radius 2 is 0.450 bits per heavy atom. The molecule has 0 saturated carbocycles. The van der Waals surface area contributed by atoms with Gasteiger partial charge in [-0.25, -0.2) is 0 Å². The number of rotatable bonds is 46. The molecule has 0 saturated heterocycles. The molecule has 0 aliphatic rings. The van der Waals surface area contributed by atoms with Gasteiger partial charge in [-0.3, -0.25) is 14.4 Å². The summed E-state index contributed by atoms with van der Waals surface area (Å²) in [5, 5.41) is 25.5. The van der Waals surface area contributed by atoms with E-state index in [0.717, 1.165) is 51.4 Å². The molecule has 0 radical (unpaired) electrons. The second kappa shape index (κ2) is 59.0. The Kier molecular flexibility index (Phi) is 61.1. The van der Waals surface area contributed by atoms with Crippen molar-refractivity contribution in [3.05, 3.63) is 24.3 Å². The van der Waals surface area contributed by atoms with Crippen molar-refractivity contribution >= 4 is 17.9 Å². The summed E-state index contributed by atoms with van der Waals surface area (Å²) in [6.07, 6.45) is 62.7. The van der Waals surface area contributed by atoms with Crippen LogP contribution in [0.3, 0.4) is 0 Å². The van der Waals surface area contributed by atoms with E-state index in [4.69, 9.17) is 15.3 Å². The fraction of sp³-hybridized carbons (Fsp3) is 0.870. The summed E-state index contributed by atoms with van der Waals surface area (Å²) < 4.78 is 0. The maximum atomic E-state index is 10.3. The van der Waals surface area contributed by atoms with Gasteiger partial charge in [0.15, 0.2) is 0 Å². The van der Waals surface area contributed by atoms with E-state index >= 15 is 0 Å². The van der Waals surface area contributed by atoms with Gasteiger partial charge in [-0.05, 0) is 51.4 Å². The number of allylic oxidation sites excluding steroid dienone is 4. The molecule has 0 rings (SSSR count). The Hall–Kier alpha value is -2.11. The van der Waals surface area contributed by atoms with Gasteiger partial charge in [0.1, 0.15) is 0 Å². The van der Waals surface area contributed by atoms with Gasteiger partial charge in [-0.2, -0.15) is 0 Å². The van der Waals surface area contributed by atoms with E-state index in [9.17, 15) is 14.4 Å². The summed E-state index contributed by atoms with van der Waals surface area (Å²) >= 11 is 0. The Labute approximate surface area is 374 Å². The fourth-order valence-corrected chi connectivity index (χ4v) is 7.38. The molecular weight excluding hydrogens is 745 g/mol. The van der Waals surface area contributed by atoms with Crippen LogP contribution in [0, 0.1) is 0 Å². The third-order valence-electron chi connectivity index (χ3n) is 11.3. The van der Waals surface area contributed by atoms with Gasteiger partial charge in [0.25, 0.3) is 0 Å². The van der Waals surface area contributed by atoms with Crippen LogP contribution < -0.4 is 0 Å². The van der Waals surface area contributed by atoms with Gasteiger partial charge in [0.05, 0.1) is 0 Å². The second-order valence-corrected chi connectivity index (χ2v) is 17.6. The van der Waals surface area contributed by atoms with Gasteiger partial charge in [0.2, 0.25) is 0 Å². The van der Waals surface area contributed by atoms with Crippen LogP contribution >= 0.6 is 0 Å². The van der Waals surface area contributed by atoms with Crippen molar-refractivity contribution in [2.45, 2.75) is 303 Å². The molecule has 356 valence electrons. The molecule has 0 heterocycles. The number of carboxylic acids is 3. The van der Waals surface area contributed by atoms with Crippen LogP contribution in [-0.2, 0) is 14.4 Å². The highest BCUT2D eigenvalue weighted by Crippen LogP contribution is 2.15. The molecule has 60 heavy (non-hydrogen) atoms. The Morgan fingerprint density at radius 1 is 0.267 bits per heavy atom. The molecule has 0 unspecified atom stereocenters. The maximum absolute atomic E-state index is 10.3. The largest absolute Gasteiger partial charge is 0.481 e. The molecule has 6 heteroatoms. The lowest BCUT2D eigenvalue weighted by molar-refractivity contribution is -0.138. The number of unbranched alkanes of at least 4 members (excludes halogenated alkanes) is 36. The Bertz CT molecular complexity index is 853. The van der Waals surface area contributed by atoms with Crippen LogP contribution in [0.5, 0.6) is 0 Å². The third-order valence-corrected chi connectivity index (χ3v) is 11.3. The summed E-state index contributed by atoms with van der Waals surface area (Å²) in [6, 6.07) is 0. The van der Waals surface area contributed by atoms with Gasteiger partial charge in [-0.15, -0.1) is 0 Å². The first-order valence-electron chi connectivity index (χ1n) is 26.3. The second-order valence-electron chi connectivity index (χ2n) is 17.6. The van der Waals surface area contributed by atoms with E-state index in [1.807, 2.05) is 0 Å². The molecule has 3 N–H and O–H groups in total. The average Bonchev–Trinajstić information content (AvgIpc) is 3.22. The molecule has 0 aromatic heterocycles. The molecule has 6 nitrogen and oxygen atoms in total. The zero-order valence-corrected chi connectivity index (χ0v) is 40.5. The number of hydrogen-bond acceptors (Lipinski definition) is 3. The number of hydrogen-bond donors (Lipinski definition) is 3. The van der Waals surface area contributed by atoms with Crippen molar-refractivity contribution in [1.29, 1.82) is 0 Å². The molecular formula is C54H104O6. The van der Waals surface area contributed by atoms with E-state index in [-0.39, 0.29) is 0 Å². The van der Waals surface area contributed by atoms with E-state index in [1.54, 1.807) is 0 Å². The fourth-order valence-electron chi connectivity index (χ4n) is 7.38. The first kappa shape index (κ1) is 62.2. The highest BCUT2D eigenvalue weighted by atomic mass is 16.4. The molecule has 0 fully saturated rings. The predicted octanol–water partition coefficient (Wildman–Crippen LogP) is 18.5. The summed E-state index contributed by atoms with van der Waals surface area (Å²) in [5.41, 5.74) is 0. The van der Waals surface area contributed by atoms with Gasteiger partial charge >= 0.3 is 17.9 Å². The highest BCUT2D eigenvalue weighted by molar-refractivity contribution is 5.67. The van der Waals surface area contributed by atoms with Crippen LogP contribution in [0.1, 0.15) is 303 Å². The zero-order valence-electron chi connectivity index (χ0n) is 40.5. The van der Waals surface area contributed by atoms with Gasteiger partial charge < -0.3 is 15.3 Å². The molecule has 0 atom stereocenters. The number of carbonyl (C=O) groups is 3. The minimum absolute atomic E-state index is 0.324. The van der Waals surface area contributed by atoms with E-state index in [0.29, 0.717) is 19.3 Å². The Balaban J connectivity index is -0.000000812. The van der Waals surface area contributed by atoms with Crippen LogP contribution in [0.15, 0.2) is 24.3 Å². The quantitative estimate of drug-likeness (QED) is 0.0415. The standard InChI is InChI=1S/2C18H36O2.C18H32O2/c3*1-2-3-4-5-6-7-8-9-10-11-12-13-14-15-16-17-18(19)20/h2*2-17H2,1H3,(H,19,20);6-7,9-10H,2-5,8,11-17H2,1H3,(H,19,20)/b;;7-6-,10-9-. The normalized spacial score (nSPS) is 11.1. The zero-order chi connectivity index (χ0) is 44.7. The maximum Gasteiger partial charge on any atom is 0.303 e. The molecule has 0 spiro atoms. The van der Waals surface area contributed by atoms with Crippen LogP contribution in [0.2, 0.25) is 0 Å². The van der Waals surface area contributed by atoms with Crippen molar-refractivity contribution in [2.24, 2.45) is 0 Å². The first-order valence-corrected chi connectivity index (χ1v) is 26.3. The topological polar surface area (TPSA) is 112 Å². The molecule has 0 aromatic rings. The summed E-state index contributed by atoms with van der Waals surface area (Å²) in [7, 11) is 0. The number of aliphatic carboxylic acids is 3. The average molecular weight is 849 g/mol. The van der Waals surface area contributed by atoms with Crippen molar-refractivity contribution in [2.75, 3.05) is 0 Å². The van der Waals surface area contributed by atoms with Crippen molar-refractivity contribution in [3.8, 4) is 0 Å². The van der Waals surface area contributed by atoms with Crippen LogP contribution in [0.4, 0.5) is 0 Å². The number of carboxylic acid groups (broad SMARTS) is 3. The van der Waals surface area contributed by atoms with Crippen LogP contribution in [-0.4, -0.2) is 33.2 Å². The summed E-state index contributed by atoms with van der Waals surface area (Å²) in [6.45, 7) is 6.77. The van der Waals surface area contributed by atoms with Crippen molar-refractivity contribution < 1.29 is 29.7 Å². The summed E-state index contributed by atoms with van der Waals surface area (Å²) in [4.78, 5) is 31.0. The minimum atomic E-state index is -0.671. The first-order chi connectivity index (χ1) is 29.3. The Morgan fingerprint density at radius 3 is 0.683 bits per heavy atom. The van der Waals surface area contributed by atoms with E-state index in [2.05, 4.69) is 45.1 Å². The third kappa shape index (κ3) is 70.4. The molecule has 0 aromatic carbocycles. The lowest BCUT2D eigenvalue weighted by Gasteiger charge is -2.03.